The van der Waals surface area contributed by atoms with E-state index in [1.807, 2.05) is 41.3 Å². The summed E-state index contributed by atoms with van der Waals surface area (Å²) in [4.78, 5) is 14.1. The molecule has 2 heterocycles. The zero-order valence-electron chi connectivity index (χ0n) is 18.0. The third-order valence-electron chi connectivity index (χ3n) is 6.13. The predicted molar refractivity (Wildman–Crippen MR) is 126 cm³/mol. The van der Waals surface area contributed by atoms with E-state index >= 15 is 0 Å². The van der Waals surface area contributed by atoms with Gasteiger partial charge in [-0.1, -0.05) is 41.9 Å². The SMILES string of the molecule is N#CCC1(n2cc(C(N)=O)c(Nc3ccccc3)n2)CCN(C(O)c2cccc(Cl)c2)CC1. The average Bonchev–Trinajstić information content (AvgIpc) is 3.25. The Morgan fingerprint density at radius 2 is 1.97 bits per heavy atom. The van der Waals surface area contributed by atoms with Crippen LogP contribution >= 0.6 is 11.6 Å². The van der Waals surface area contributed by atoms with Gasteiger partial charge >= 0.3 is 0 Å². The molecule has 0 saturated carbocycles. The van der Waals surface area contributed by atoms with Gasteiger partial charge < -0.3 is 16.2 Å². The van der Waals surface area contributed by atoms with Crippen molar-refractivity contribution in [3.05, 3.63) is 76.9 Å². The number of carbonyl (C=O) groups is 1. The minimum atomic E-state index is -0.794. The van der Waals surface area contributed by atoms with Gasteiger partial charge in [0.1, 0.15) is 11.8 Å². The minimum Gasteiger partial charge on any atom is -0.374 e. The van der Waals surface area contributed by atoms with Crippen molar-refractivity contribution in [2.24, 2.45) is 5.73 Å². The zero-order valence-corrected chi connectivity index (χ0v) is 18.7. The van der Waals surface area contributed by atoms with Gasteiger partial charge in [-0.2, -0.15) is 10.4 Å². The van der Waals surface area contributed by atoms with Crippen LogP contribution in [-0.2, 0) is 5.54 Å². The van der Waals surface area contributed by atoms with Crippen molar-refractivity contribution in [1.29, 1.82) is 5.26 Å². The molecule has 1 aliphatic heterocycles. The molecule has 1 saturated heterocycles. The second-order valence-corrected chi connectivity index (χ2v) is 8.65. The Labute approximate surface area is 197 Å². The number of nitrogens with zero attached hydrogens (tertiary/aromatic N) is 4. The number of amides is 1. The number of aliphatic hydroxyl groups excluding tert-OH is 1. The van der Waals surface area contributed by atoms with Gasteiger partial charge in [0.2, 0.25) is 0 Å². The fourth-order valence-electron chi connectivity index (χ4n) is 4.24. The number of carbonyl (C=O) groups excluding carboxylic acids is 1. The number of rotatable bonds is 7. The highest BCUT2D eigenvalue weighted by Crippen LogP contribution is 2.37. The number of aromatic nitrogens is 2. The Morgan fingerprint density at radius 1 is 1.24 bits per heavy atom. The molecule has 8 nitrogen and oxygen atoms in total. The summed E-state index contributed by atoms with van der Waals surface area (Å²) in [5, 5.41) is 28.8. The molecule has 4 rings (SSSR count). The topological polar surface area (TPSA) is 120 Å². The molecule has 1 fully saturated rings. The maximum absolute atomic E-state index is 12.1. The number of nitrogens with two attached hydrogens (primary N) is 1. The lowest BCUT2D eigenvalue weighted by Gasteiger charge is -2.42. The summed E-state index contributed by atoms with van der Waals surface area (Å²) in [6.45, 7) is 1.09. The summed E-state index contributed by atoms with van der Waals surface area (Å²) in [5.41, 5.74) is 6.77. The number of para-hydroxylation sites is 1. The van der Waals surface area contributed by atoms with E-state index in [-0.39, 0.29) is 12.0 Å². The van der Waals surface area contributed by atoms with Gasteiger partial charge in [-0.15, -0.1) is 0 Å². The summed E-state index contributed by atoms with van der Waals surface area (Å²) in [5.74, 6) is -0.243. The molecular weight excluding hydrogens is 440 g/mol. The fourth-order valence-corrected chi connectivity index (χ4v) is 4.44. The highest BCUT2D eigenvalue weighted by atomic mass is 35.5. The van der Waals surface area contributed by atoms with Gasteiger partial charge in [-0.05, 0) is 42.7 Å². The molecule has 1 aliphatic rings. The standard InChI is InChI=1S/C24H25ClN6O2/c25-18-6-4-5-17(15-18)23(33)30-13-10-24(9-12-26,11-14-30)31-16-20(21(27)32)22(29-31)28-19-7-2-1-3-8-19/h1-8,15-16,23,33H,9-11,13-14H2,(H2,27,32)(H,28,29). The van der Waals surface area contributed by atoms with E-state index in [2.05, 4.69) is 16.5 Å². The molecule has 170 valence electrons. The Hall–Kier alpha value is -3.38. The number of aliphatic hydroxyl groups is 1. The van der Waals surface area contributed by atoms with Gasteiger partial charge in [0, 0.05) is 30.0 Å². The number of likely N-dealkylation sites (tertiary alicyclic amines) is 1. The van der Waals surface area contributed by atoms with Gasteiger partial charge in [0.25, 0.3) is 5.91 Å². The highest BCUT2D eigenvalue weighted by molar-refractivity contribution is 6.30. The number of primary amides is 1. The van der Waals surface area contributed by atoms with E-state index in [4.69, 9.17) is 17.3 Å². The van der Waals surface area contributed by atoms with Crippen molar-refractivity contribution >= 4 is 29.0 Å². The number of halogens is 1. The molecule has 0 aliphatic carbocycles. The predicted octanol–water partition coefficient (Wildman–Crippen LogP) is 3.77. The van der Waals surface area contributed by atoms with Crippen LogP contribution in [0.3, 0.4) is 0 Å². The zero-order chi connectivity index (χ0) is 23.4. The molecule has 3 aromatic rings. The third-order valence-corrected chi connectivity index (χ3v) is 6.37. The summed E-state index contributed by atoms with van der Waals surface area (Å²) in [7, 11) is 0. The van der Waals surface area contributed by atoms with Gasteiger partial charge in [0.05, 0.1) is 18.0 Å². The molecular formula is C24H25ClN6O2. The molecule has 2 aromatic carbocycles. The molecule has 1 amide bonds. The van der Waals surface area contributed by atoms with Gasteiger partial charge in [0.15, 0.2) is 5.82 Å². The van der Waals surface area contributed by atoms with Crippen molar-refractivity contribution in [3.63, 3.8) is 0 Å². The normalized spacial score (nSPS) is 16.6. The van der Waals surface area contributed by atoms with Crippen LogP contribution in [0.4, 0.5) is 11.5 Å². The third kappa shape index (κ3) is 4.86. The molecule has 9 heteroatoms. The number of nitrogens with one attached hydrogen (secondary N) is 1. The van der Waals surface area contributed by atoms with Crippen molar-refractivity contribution in [3.8, 4) is 6.07 Å². The first kappa shape index (κ1) is 22.8. The van der Waals surface area contributed by atoms with Crippen molar-refractivity contribution in [2.75, 3.05) is 18.4 Å². The molecule has 1 atom stereocenters. The molecule has 33 heavy (non-hydrogen) atoms. The van der Waals surface area contributed by atoms with E-state index in [1.54, 1.807) is 29.1 Å². The number of hydrogen-bond donors (Lipinski definition) is 3. The number of nitriles is 1. The van der Waals surface area contributed by atoms with Crippen LogP contribution in [0.5, 0.6) is 0 Å². The van der Waals surface area contributed by atoms with Gasteiger partial charge in [-0.3, -0.25) is 14.4 Å². The maximum atomic E-state index is 12.1. The van der Waals surface area contributed by atoms with Crippen LogP contribution in [0.2, 0.25) is 5.02 Å². The van der Waals surface area contributed by atoms with Crippen LogP contribution in [0.15, 0.2) is 60.8 Å². The summed E-state index contributed by atoms with van der Waals surface area (Å²) < 4.78 is 1.70. The largest absolute Gasteiger partial charge is 0.374 e. The van der Waals surface area contributed by atoms with Crippen LogP contribution in [0.1, 0.15) is 41.4 Å². The molecule has 0 spiro atoms. The quantitative estimate of drug-likeness (QED) is 0.489. The lowest BCUT2D eigenvalue weighted by Crippen LogP contribution is -2.47. The molecule has 1 aromatic heterocycles. The number of piperidine rings is 1. The highest BCUT2D eigenvalue weighted by Gasteiger charge is 2.39. The van der Waals surface area contributed by atoms with E-state index in [0.29, 0.717) is 36.8 Å². The smallest absolute Gasteiger partial charge is 0.254 e. The number of benzene rings is 2. The second-order valence-electron chi connectivity index (χ2n) is 8.22. The van der Waals surface area contributed by atoms with Crippen LogP contribution < -0.4 is 11.1 Å². The van der Waals surface area contributed by atoms with Crippen LogP contribution in [0, 0.1) is 11.3 Å². The first-order chi connectivity index (χ1) is 15.9. The molecule has 0 radical (unpaired) electrons. The Bertz CT molecular complexity index is 1170. The molecule has 0 bridgehead atoms. The van der Waals surface area contributed by atoms with Crippen molar-refractivity contribution < 1.29 is 9.90 Å². The van der Waals surface area contributed by atoms with Crippen molar-refractivity contribution in [1.82, 2.24) is 14.7 Å². The Morgan fingerprint density at radius 3 is 2.61 bits per heavy atom. The molecule has 4 N–H and O–H groups in total. The lowest BCUT2D eigenvalue weighted by molar-refractivity contribution is -0.0354. The van der Waals surface area contributed by atoms with E-state index in [1.165, 1.54) is 0 Å². The van der Waals surface area contributed by atoms with Crippen molar-refractivity contribution in [2.45, 2.75) is 31.0 Å². The van der Waals surface area contributed by atoms with Crippen LogP contribution in [0.25, 0.3) is 0 Å². The van der Waals surface area contributed by atoms with E-state index < -0.39 is 17.7 Å². The van der Waals surface area contributed by atoms with E-state index in [0.717, 1.165) is 11.3 Å². The first-order valence-electron chi connectivity index (χ1n) is 10.7. The second kappa shape index (κ2) is 9.63. The number of anilines is 2. The summed E-state index contributed by atoms with van der Waals surface area (Å²) in [6, 6.07) is 18.8. The summed E-state index contributed by atoms with van der Waals surface area (Å²) in [6.07, 6.45) is 2.19. The Balaban J connectivity index is 1.58. The lowest BCUT2D eigenvalue weighted by atomic mass is 9.84. The minimum absolute atomic E-state index is 0.221. The summed E-state index contributed by atoms with van der Waals surface area (Å²) >= 11 is 6.07. The first-order valence-corrected chi connectivity index (χ1v) is 11.1. The maximum Gasteiger partial charge on any atom is 0.254 e. The van der Waals surface area contributed by atoms with Crippen LogP contribution in [-0.4, -0.2) is 38.8 Å². The fraction of sp³-hybridized carbons (Fsp3) is 0.292. The van der Waals surface area contributed by atoms with E-state index in [9.17, 15) is 15.2 Å². The monoisotopic (exact) mass is 464 g/mol. The Kier molecular flexibility index (Phi) is 6.65. The molecule has 1 unspecified atom stereocenters. The average molecular weight is 465 g/mol. The van der Waals surface area contributed by atoms with Gasteiger partial charge in [-0.25, -0.2) is 0 Å². The number of hydrogen-bond acceptors (Lipinski definition) is 6.